The minimum Gasteiger partial charge on any atom is -0.368 e. The van der Waals surface area contributed by atoms with E-state index in [0.29, 0.717) is 6.54 Å². The van der Waals surface area contributed by atoms with Crippen molar-refractivity contribution in [2.75, 3.05) is 0 Å². The Hall–Kier alpha value is -2.13. The number of carbonyl (C=O) groups excluding carboxylic acids is 1. The van der Waals surface area contributed by atoms with Gasteiger partial charge in [0.15, 0.2) is 0 Å². The zero-order valence-corrected chi connectivity index (χ0v) is 11.9. The number of aryl methyl sites for hydroxylation is 2. The molecule has 0 aliphatic rings. The summed E-state index contributed by atoms with van der Waals surface area (Å²) in [6.45, 7) is 4.65. The highest BCUT2D eigenvalue weighted by Crippen LogP contribution is 2.19. The number of hydrogen-bond donors (Lipinski definition) is 2. The standard InChI is InChI=1S/C17H20N2O/c1-12-8-9-15(13(2)10-12)16(17(18)20)19-11-14-6-4-3-5-7-14/h3-10,16,19H,11H2,1-2H3,(H2,18,20). The molecular weight excluding hydrogens is 248 g/mol. The quantitative estimate of drug-likeness (QED) is 0.875. The molecule has 0 radical (unpaired) electrons. The first-order valence-corrected chi connectivity index (χ1v) is 6.71. The lowest BCUT2D eigenvalue weighted by molar-refractivity contribution is -0.120. The highest BCUT2D eigenvalue weighted by atomic mass is 16.1. The van der Waals surface area contributed by atoms with Crippen molar-refractivity contribution in [3.8, 4) is 0 Å². The van der Waals surface area contributed by atoms with Crippen molar-refractivity contribution in [1.29, 1.82) is 0 Å². The molecule has 1 atom stereocenters. The van der Waals surface area contributed by atoms with Crippen LogP contribution in [0.4, 0.5) is 0 Å². The number of nitrogens with one attached hydrogen (secondary N) is 1. The molecule has 1 unspecified atom stereocenters. The fourth-order valence-corrected chi connectivity index (χ4v) is 2.33. The first-order valence-electron chi connectivity index (χ1n) is 6.71. The van der Waals surface area contributed by atoms with Crippen LogP contribution in [0.15, 0.2) is 48.5 Å². The van der Waals surface area contributed by atoms with Crippen LogP contribution in [0, 0.1) is 13.8 Å². The Morgan fingerprint density at radius 3 is 2.45 bits per heavy atom. The maximum atomic E-state index is 11.7. The molecular formula is C17H20N2O. The Balaban J connectivity index is 2.17. The molecule has 3 heteroatoms. The normalized spacial score (nSPS) is 12.1. The van der Waals surface area contributed by atoms with Crippen LogP contribution in [0.5, 0.6) is 0 Å². The first-order chi connectivity index (χ1) is 9.58. The summed E-state index contributed by atoms with van der Waals surface area (Å²) in [5.74, 6) is -0.354. The third kappa shape index (κ3) is 3.45. The van der Waals surface area contributed by atoms with Gasteiger partial charge in [-0.1, -0.05) is 54.1 Å². The van der Waals surface area contributed by atoms with Crippen molar-refractivity contribution in [1.82, 2.24) is 5.32 Å². The van der Waals surface area contributed by atoms with E-state index in [0.717, 1.165) is 16.7 Å². The van der Waals surface area contributed by atoms with Gasteiger partial charge >= 0.3 is 0 Å². The molecule has 2 aromatic carbocycles. The molecule has 3 nitrogen and oxygen atoms in total. The maximum absolute atomic E-state index is 11.7. The van der Waals surface area contributed by atoms with Crippen LogP contribution in [0.3, 0.4) is 0 Å². The SMILES string of the molecule is Cc1ccc(C(NCc2ccccc2)C(N)=O)c(C)c1. The lowest BCUT2D eigenvalue weighted by atomic mass is 9.98. The molecule has 2 aromatic rings. The first kappa shape index (κ1) is 14.3. The summed E-state index contributed by atoms with van der Waals surface area (Å²) in [4.78, 5) is 11.7. The summed E-state index contributed by atoms with van der Waals surface area (Å²) >= 11 is 0. The van der Waals surface area contributed by atoms with Crippen LogP contribution in [0.1, 0.15) is 28.3 Å². The van der Waals surface area contributed by atoms with E-state index in [1.807, 2.05) is 56.3 Å². The molecule has 0 bridgehead atoms. The number of primary amides is 1. The molecule has 1 amide bonds. The van der Waals surface area contributed by atoms with Gasteiger partial charge in [0.1, 0.15) is 6.04 Å². The summed E-state index contributed by atoms with van der Waals surface area (Å²) in [7, 11) is 0. The van der Waals surface area contributed by atoms with Gasteiger partial charge in [-0.3, -0.25) is 10.1 Å². The predicted octanol–water partition coefficient (Wildman–Crippen LogP) is 2.62. The van der Waals surface area contributed by atoms with E-state index in [1.54, 1.807) is 0 Å². The third-order valence-corrected chi connectivity index (χ3v) is 3.37. The van der Waals surface area contributed by atoms with E-state index >= 15 is 0 Å². The molecule has 0 saturated heterocycles. The number of nitrogens with two attached hydrogens (primary N) is 1. The average molecular weight is 268 g/mol. The highest BCUT2D eigenvalue weighted by Gasteiger charge is 2.18. The Morgan fingerprint density at radius 2 is 1.85 bits per heavy atom. The van der Waals surface area contributed by atoms with E-state index in [1.165, 1.54) is 5.56 Å². The zero-order chi connectivity index (χ0) is 14.5. The van der Waals surface area contributed by atoms with Gasteiger partial charge in [-0.2, -0.15) is 0 Å². The van der Waals surface area contributed by atoms with Crippen molar-refractivity contribution in [3.05, 3.63) is 70.8 Å². The van der Waals surface area contributed by atoms with E-state index < -0.39 is 6.04 Å². The van der Waals surface area contributed by atoms with Crippen molar-refractivity contribution in [2.45, 2.75) is 26.4 Å². The monoisotopic (exact) mass is 268 g/mol. The second-order valence-electron chi connectivity index (χ2n) is 5.06. The van der Waals surface area contributed by atoms with Gasteiger partial charge in [0.25, 0.3) is 0 Å². The van der Waals surface area contributed by atoms with Crippen LogP contribution >= 0.6 is 0 Å². The Labute approximate surface area is 119 Å². The fraction of sp³-hybridized carbons (Fsp3) is 0.235. The highest BCUT2D eigenvalue weighted by molar-refractivity contribution is 5.81. The maximum Gasteiger partial charge on any atom is 0.239 e. The molecule has 3 N–H and O–H groups in total. The molecule has 0 aliphatic carbocycles. The fourth-order valence-electron chi connectivity index (χ4n) is 2.33. The predicted molar refractivity (Wildman–Crippen MR) is 81.1 cm³/mol. The van der Waals surface area contributed by atoms with E-state index in [9.17, 15) is 4.79 Å². The Morgan fingerprint density at radius 1 is 1.15 bits per heavy atom. The lowest BCUT2D eigenvalue weighted by Gasteiger charge is -2.18. The number of benzene rings is 2. The van der Waals surface area contributed by atoms with Gasteiger partial charge in [0.05, 0.1) is 0 Å². The molecule has 2 rings (SSSR count). The van der Waals surface area contributed by atoms with Crippen molar-refractivity contribution in [2.24, 2.45) is 5.73 Å². The molecule has 0 spiro atoms. The second-order valence-corrected chi connectivity index (χ2v) is 5.06. The lowest BCUT2D eigenvalue weighted by Crippen LogP contribution is -2.33. The largest absolute Gasteiger partial charge is 0.368 e. The van der Waals surface area contributed by atoms with Crippen LogP contribution in [0.2, 0.25) is 0 Å². The number of rotatable bonds is 5. The molecule has 104 valence electrons. The minimum absolute atomic E-state index is 0.354. The summed E-state index contributed by atoms with van der Waals surface area (Å²) in [6, 6.07) is 15.5. The topological polar surface area (TPSA) is 55.1 Å². The van der Waals surface area contributed by atoms with Crippen LogP contribution < -0.4 is 11.1 Å². The Kier molecular flexibility index (Phi) is 4.53. The summed E-state index contributed by atoms with van der Waals surface area (Å²) < 4.78 is 0. The Bertz CT molecular complexity index is 593. The molecule has 0 heterocycles. The molecule has 0 aromatic heterocycles. The second kappa shape index (κ2) is 6.35. The zero-order valence-electron chi connectivity index (χ0n) is 11.9. The third-order valence-electron chi connectivity index (χ3n) is 3.37. The summed E-state index contributed by atoms with van der Waals surface area (Å²) in [6.07, 6.45) is 0. The van der Waals surface area contributed by atoms with E-state index in [-0.39, 0.29) is 5.91 Å². The van der Waals surface area contributed by atoms with Crippen molar-refractivity contribution < 1.29 is 4.79 Å². The van der Waals surface area contributed by atoms with E-state index in [4.69, 9.17) is 5.73 Å². The molecule has 0 fully saturated rings. The summed E-state index contributed by atoms with van der Waals surface area (Å²) in [5, 5.41) is 3.24. The van der Waals surface area contributed by atoms with Crippen molar-refractivity contribution in [3.63, 3.8) is 0 Å². The van der Waals surface area contributed by atoms with Crippen LogP contribution in [-0.4, -0.2) is 5.91 Å². The number of carbonyl (C=O) groups is 1. The average Bonchev–Trinajstić information content (AvgIpc) is 2.42. The minimum atomic E-state index is -0.462. The summed E-state index contributed by atoms with van der Waals surface area (Å²) in [5.41, 5.74) is 9.87. The van der Waals surface area contributed by atoms with Gasteiger partial charge in [0, 0.05) is 6.54 Å². The van der Waals surface area contributed by atoms with Crippen LogP contribution in [-0.2, 0) is 11.3 Å². The van der Waals surface area contributed by atoms with E-state index in [2.05, 4.69) is 11.4 Å². The molecule has 0 saturated carbocycles. The van der Waals surface area contributed by atoms with Gasteiger partial charge in [-0.15, -0.1) is 0 Å². The number of amides is 1. The number of hydrogen-bond acceptors (Lipinski definition) is 2. The smallest absolute Gasteiger partial charge is 0.239 e. The van der Waals surface area contributed by atoms with Crippen LogP contribution in [0.25, 0.3) is 0 Å². The van der Waals surface area contributed by atoms with Gasteiger partial charge < -0.3 is 5.73 Å². The van der Waals surface area contributed by atoms with Gasteiger partial charge in [0.2, 0.25) is 5.91 Å². The molecule has 0 aliphatic heterocycles. The van der Waals surface area contributed by atoms with Gasteiger partial charge in [-0.25, -0.2) is 0 Å². The molecule has 20 heavy (non-hydrogen) atoms. The van der Waals surface area contributed by atoms with Gasteiger partial charge in [-0.05, 0) is 30.5 Å². The van der Waals surface area contributed by atoms with Crippen molar-refractivity contribution >= 4 is 5.91 Å².